The van der Waals surface area contributed by atoms with Gasteiger partial charge in [0.25, 0.3) is 0 Å². The van der Waals surface area contributed by atoms with Crippen LogP contribution in [0.4, 0.5) is 0 Å². The van der Waals surface area contributed by atoms with E-state index in [1.807, 2.05) is 0 Å². The van der Waals surface area contributed by atoms with Crippen molar-refractivity contribution >= 4 is 13.3 Å². The van der Waals surface area contributed by atoms with Gasteiger partial charge in [-0.25, -0.2) is 0 Å². The molecule has 0 fully saturated rings. The summed E-state index contributed by atoms with van der Waals surface area (Å²) in [6.45, 7) is 14.4. The van der Waals surface area contributed by atoms with Crippen LogP contribution in [0.5, 0.6) is 5.75 Å². The first kappa shape index (κ1) is 19.3. The Kier molecular flexibility index (Phi) is 7.25. The molecule has 0 spiro atoms. The molecule has 0 aliphatic rings. The third kappa shape index (κ3) is 3.79. The third-order valence-electron chi connectivity index (χ3n) is 5.49. The zero-order chi connectivity index (χ0) is 16.8. The summed E-state index contributed by atoms with van der Waals surface area (Å²) in [5.41, 5.74) is 1.54. The number of hydrogen-bond acceptors (Lipinski definition) is 1. The first-order valence-corrected chi connectivity index (χ1v) is 14.3. The van der Waals surface area contributed by atoms with E-state index in [2.05, 4.69) is 71.9 Å². The third-order valence-corrected chi connectivity index (χ3v) is 18.2. The number of ether oxygens (including phenoxy) is 1. The van der Waals surface area contributed by atoms with Gasteiger partial charge in [-0.05, 0) is 0 Å². The fourth-order valence-electron chi connectivity index (χ4n) is 3.82. The predicted octanol–water partition coefficient (Wildman–Crippen LogP) is 6.36. The number of methoxy groups -OCH3 is 1. The van der Waals surface area contributed by atoms with Gasteiger partial charge in [0.2, 0.25) is 0 Å². The molecule has 0 radical (unpaired) electrons. The van der Waals surface area contributed by atoms with Crippen LogP contribution >= 0.6 is 0 Å². The first-order chi connectivity index (χ1) is 10.4. The average molecular weight is 363 g/mol. The van der Waals surface area contributed by atoms with E-state index in [4.69, 9.17) is 4.74 Å². The van der Waals surface area contributed by atoms with Gasteiger partial charge in [0, 0.05) is 0 Å². The molecular weight excluding hydrogens is 329 g/mol. The van der Waals surface area contributed by atoms with Gasteiger partial charge in [0.15, 0.2) is 0 Å². The molecule has 22 heavy (non-hydrogen) atoms. The molecule has 124 valence electrons. The van der Waals surface area contributed by atoms with E-state index >= 15 is 0 Å². The van der Waals surface area contributed by atoms with Crippen molar-refractivity contribution in [1.29, 1.82) is 0 Å². The van der Waals surface area contributed by atoms with Crippen LogP contribution in [0.15, 0.2) is 34.7 Å². The van der Waals surface area contributed by atoms with Crippen LogP contribution in [0.2, 0.25) is 15.8 Å². The summed E-state index contributed by atoms with van der Waals surface area (Å²) in [5.74, 6) is 0.940. The Morgan fingerprint density at radius 1 is 1.00 bits per heavy atom. The summed E-state index contributed by atoms with van der Waals surface area (Å²) in [5, 5.41) is 4.16. The van der Waals surface area contributed by atoms with Crippen molar-refractivity contribution in [2.75, 3.05) is 7.11 Å². The molecule has 0 aliphatic carbocycles. The van der Waals surface area contributed by atoms with Crippen LogP contribution in [0.3, 0.4) is 0 Å². The van der Waals surface area contributed by atoms with Crippen LogP contribution in [0, 0.1) is 0 Å². The Morgan fingerprint density at radius 3 is 1.86 bits per heavy atom. The van der Waals surface area contributed by atoms with Crippen LogP contribution in [0.1, 0.15) is 53.5 Å². The summed E-state index contributed by atoms with van der Waals surface area (Å²) in [6.07, 6.45) is 3.70. The molecule has 1 aromatic carbocycles. The zero-order valence-corrected chi connectivity index (χ0v) is 17.7. The van der Waals surface area contributed by atoms with E-state index in [9.17, 15) is 0 Å². The van der Waals surface area contributed by atoms with Crippen molar-refractivity contribution in [2.24, 2.45) is 0 Å². The number of rotatable bonds is 8. The van der Waals surface area contributed by atoms with Gasteiger partial charge < -0.3 is 0 Å². The van der Waals surface area contributed by atoms with Crippen molar-refractivity contribution < 1.29 is 4.74 Å². The maximum atomic E-state index is 5.32. The van der Waals surface area contributed by atoms with E-state index < -0.39 is 13.3 Å². The summed E-state index contributed by atoms with van der Waals surface area (Å²) in [7, 11) is 1.73. The van der Waals surface area contributed by atoms with Gasteiger partial charge in [0.1, 0.15) is 0 Å². The van der Waals surface area contributed by atoms with Gasteiger partial charge >= 0.3 is 140 Å². The molecule has 1 rings (SSSR count). The quantitative estimate of drug-likeness (QED) is 0.489. The predicted molar refractivity (Wildman–Crippen MR) is 102 cm³/mol. The molecule has 0 saturated carbocycles. The summed E-state index contributed by atoms with van der Waals surface area (Å²) in [4.78, 5) is 0. The Labute approximate surface area is 140 Å². The first-order valence-electron chi connectivity index (χ1n) is 8.77. The molecule has 0 amide bonds. The molecule has 0 unspecified atom stereocenters. The Balaban J connectivity index is 3.36. The Bertz CT molecular complexity index is 473. The van der Waals surface area contributed by atoms with Crippen molar-refractivity contribution in [3.05, 3.63) is 40.3 Å². The number of hydrogen-bond donors (Lipinski definition) is 0. The maximum absolute atomic E-state index is 5.32. The van der Waals surface area contributed by atoms with Gasteiger partial charge in [0.05, 0.1) is 0 Å². The standard InChI is InChI=1S/C20H34GeO/c1-8-12-19(21(9-2,10-3)11-4)20(5,6)17-13-15-18(22-7)16-14-17/h12-16H,8-11H2,1-7H3. The molecule has 1 nitrogen and oxygen atoms in total. The van der Waals surface area contributed by atoms with E-state index in [0.717, 1.165) is 12.2 Å². The van der Waals surface area contributed by atoms with Crippen molar-refractivity contribution in [2.45, 2.75) is 69.1 Å². The molecule has 0 aromatic heterocycles. The van der Waals surface area contributed by atoms with Crippen molar-refractivity contribution in [3.8, 4) is 5.75 Å². The second-order valence-corrected chi connectivity index (χ2v) is 17.7. The van der Waals surface area contributed by atoms with Gasteiger partial charge in [-0.2, -0.15) is 0 Å². The Hall–Kier alpha value is -0.697. The average Bonchev–Trinajstić information content (AvgIpc) is 2.56. The molecule has 2 heteroatoms. The molecule has 0 saturated heterocycles. The summed E-state index contributed by atoms with van der Waals surface area (Å²) < 4.78 is 7.10. The molecule has 0 atom stereocenters. The van der Waals surface area contributed by atoms with Gasteiger partial charge in [-0.15, -0.1) is 0 Å². The van der Waals surface area contributed by atoms with E-state index in [1.54, 1.807) is 11.5 Å². The zero-order valence-electron chi connectivity index (χ0n) is 15.6. The van der Waals surface area contributed by atoms with E-state index in [-0.39, 0.29) is 5.41 Å². The topological polar surface area (TPSA) is 9.23 Å². The minimum atomic E-state index is -1.97. The van der Waals surface area contributed by atoms with Gasteiger partial charge in [-0.1, -0.05) is 0 Å². The van der Waals surface area contributed by atoms with Crippen LogP contribution in [0.25, 0.3) is 0 Å². The van der Waals surface area contributed by atoms with E-state index in [0.29, 0.717) is 0 Å². The van der Waals surface area contributed by atoms with Gasteiger partial charge in [-0.3, -0.25) is 0 Å². The monoisotopic (exact) mass is 364 g/mol. The molecule has 0 bridgehead atoms. The fourth-order valence-corrected chi connectivity index (χ4v) is 13.8. The molecule has 1 aromatic rings. The van der Waals surface area contributed by atoms with Crippen LogP contribution in [-0.4, -0.2) is 20.4 Å². The number of allylic oxidation sites excluding steroid dienone is 2. The van der Waals surface area contributed by atoms with E-state index in [1.165, 1.54) is 21.3 Å². The molecular formula is C20H34GeO. The minimum absolute atomic E-state index is 0.129. The fraction of sp³-hybridized carbons (Fsp3) is 0.600. The van der Waals surface area contributed by atoms with Crippen LogP contribution in [-0.2, 0) is 5.41 Å². The second kappa shape index (κ2) is 8.24. The second-order valence-electron chi connectivity index (χ2n) is 6.72. The number of benzene rings is 1. The van der Waals surface area contributed by atoms with Crippen LogP contribution < -0.4 is 4.74 Å². The molecule has 0 aliphatic heterocycles. The van der Waals surface area contributed by atoms with Crippen molar-refractivity contribution in [1.82, 2.24) is 0 Å². The summed E-state index contributed by atoms with van der Waals surface area (Å²) >= 11 is -1.97. The SMILES string of the molecule is CCC=[C](C(C)(C)c1ccc(OC)cc1)[Ge]([CH2]C)([CH2]C)[CH2]C. The van der Waals surface area contributed by atoms with Crippen molar-refractivity contribution in [3.63, 3.8) is 0 Å². The molecule has 0 heterocycles. The molecule has 0 N–H and O–H groups in total. The normalized spacial score (nSPS) is 13.3. The Morgan fingerprint density at radius 2 is 1.50 bits per heavy atom. The summed E-state index contributed by atoms with van der Waals surface area (Å²) in [6, 6.07) is 8.69.